The van der Waals surface area contributed by atoms with Gasteiger partial charge >= 0.3 is 0 Å². The Hall–Kier alpha value is -7.44. The number of benzene rings is 7. The molecule has 0 amide bonds. The van der Waals surface area contributed by atoms with Gasteiger partial charge in [0.25, 0.3) is 0 Å². The molecule has 2 aromatic heterocycles. The number of para-hydroxylation sites is 2. The van der Waals surface area contributed by atoms with Gasteiger partial charge in [-0.2, -0.15) is 5.10 Å². The van der Waals surface area contributed by atoms with Gasteiger partial charge in [0.2, 0.25) is 0 Å². The van der Waals surface area contributed by atoms with E-state index in [0.717, 1.165) is 88.7 Å². The minimum absolute atomic E-state index is 0.369. The van der Waals surface area contributed by atoms with Crippen LogP contribution in [0.2, 0.25) is 0 Å². The molecule has 0 spiro atoms. The normalized spacial score (nSPS) is 13.2. The summed E-state index contributed by atoms with van der Waals surface area (Å²) >= 11 is 0. The molecule has 0 aliphatic heterocycles. The lowest BCUT2D eigenvalue weighted by Crippen LogP contribution is -2.18. The van der Waals surface area contributed by atoms with E-state index in [1.165, 1.54) is 0 Å². The topological polar surface area (TPSA) is 87.2 Å². The third kappa shape index (κ3) is 5.54. The average Bonchev–Trinajstić information content (AvgIpc) is 3.63. The second kappa shape index (κ2) is 13.0. The van der Waals surface area contributed by atoms with Crippen molar-refractivity contribution in [3.8, 4) is 45.0 Å². The molecule has 0 saturated heterocycles. The van der Waals surface area contributed by atoms with E-state index in [0.29, 0.717) is 17.2 Å². The molecular weight excluding hydrogens is 663 g/mol. The maximum Gasteiger partial charge on any atom is 0.160 e. The first-order valence-corrected chi connectivity index (χ1v) is 17.9. The van der Waals surface area contributed by atoms with E-state index in [9.17, 15) is 5.41 Å². The minimum atomic E-state index is 0.369. The molecule has 0 bridgehead atoms. The first-order valence-electron chi connectivity index (χ1n) is 17.9. The molecule has 10 rings (SSSR count). The van der Waals surface area contributed by atoms with E-state index >= 15 is 0 Å². The van der Waals surface area contributed by atoms with Crippen LogP contribution < -0.4 is 5.43 Å². The summed E-state index contributed by atoms with van der Waals surface area (Å²) in [7, 11) is 0. The lowest BCUT2D eigenvalue weighted by Gasteiger charge is -2.17. The number of fused-ring (bicyclic) bond motifs is 6. The molecule has 7 aromatic carbocycles. The summed E-state index contributed by atoms with van der Waals surface area (Å²) < 4.78 is 6.28. The number of aromatic nitrogens is 2. The Morgan fingerprint density at radius 1 is 0.537 bits per heavy atom. The van der Waals surface area contributed by atoms with Gasteiger partial charge in [0.1, 0.15) is 16.9 Å². The zero-order valence-electron chi connectivity index (χ0n) is 29.0. The highest BCUT2D eigenvalue weighted by Crippen LogP contribution is 2.38. The van der Waals surface area contributed by atoms with Crippen molar-refractivity contribution in [1.82, 2.24) is 9.97 Å². The minimum Gasteiger partial charge on any atom is -0.456 e. The fraction of sp³-hybridized carbons (Fsp3) is 0. The molecule has 6 heteroatoms. The summed E-state index contributed by atoms with van der Waals surface area (Å²) in [5.74, 6) is 0.612. The van der Waals surface area contributed by atoms with Crippen molar-refractivity contribution < 1.29 is 4.42 Å². The third-order valence-electron chi connectivity index (χ3n) is 9.99. The van der Waals surface area contributed by atoms with Crippen LogP contribution >= 0.6 is 0 Å². The number of allylic oxidation sites excluding steroid dienone is 1. The smallest absolute Gasteiger partial charge is 0.160 e. The Morgan fingerprint density at radius 3 is 2.17 bits per heavy atom. The molecule has 0 radical (unpaired) electrons. The van der Waals surface area contributed by atoms with E-state index in [-0.39, 0.29) is 0 Å². The van der Waals surface area contributed by atoms with Crippen LogP contribution in [0.4, 0.5) is 5.69 Å². The summed E-state index contributed by atoms with van der Waals surface area (Å²) in [6.07, 6.45) is 3.91. The number of rotatable bonds is 6. The third-order valence-corrected chi connectivity index (χ3v) is 9.99. The molecule has 6 nitrogen and oxygen atoms in total. The number of nitrogens with one attached hydrogen (secondary N) is 2. The van der Waals surface area contributed by atoms with Gasteiger partial charge in [-0.3, -0.25) is 10.8 Å². The van der Waals surface area contributed by atoms with Crippen LogP contribution in [0.5, 0.6) is 0 Å². The van der Waals surface area contributed by atoms with E-state index < -0.39 is 0 Å². The van der Waals surface area contributed by atoms with Gasteiger partial charge in [-0.05, 0) is 76.0 Å². The highest BCUT2D eigenvalue weighted by Gasteiger charge is 2.21. The molecule has 254 valence electrons. The molecule has 2 heterocycles. The number of hydrogen-bond donors (Lipinski definition) is 2. The summed E-state index contributed by atoms with van der Waals surface area (Å²) in [6.45, 7) is 0. The van der Waals surface area contributed by atoms with Crippen molar-refractivity contribution in [1.29, 1.82) is 5.41 Å². The summed E-state index contributed by atoms with van der Waals surface area (Å²) in [5, 5.41) is 17.8. The molecule has 54 heavy (non-hydrogen) atoms. The Morgan fingerprint density at radius 2 is 1.28 bits per heavy atom. The zero-order valence-corrected chi connectivity index (χ0v) is 29.0. The average molecular weight is 694 g/mol. The fourth-order valence-electron chi connectivity index (χ4n) is 7.35. The van der Waals surface area contributed by atoms with Gasteiger partial charge in [0.15, 0.2) is 5.82 Å². The maximum atomic E-state index is 9.18. The standard InChI is InChI=1S/C48H31N5O/c49-47-40(53-52-36-15-5-2-6-16-36)26-24-31-21-22-33-28-35(23-25-37(33)45(31)47)48-50-41(34-14-9-13-32(27-34)30-11-3-1-4-12-30)29-42(51-48)38-18-10-20-44-46(38)39-17-7-8-19-43(39)54-44/h1-29,49,52H/b49-47?,53-40-. The lowest BCUT2D eigenvalue weighted by molar-refractivity contribution is 0.669. The summed E-state index contributed by atoms with van der Waals surface area (Å²) in [5.41, 5.74) is 15.1. The summed E-state index contributed by atoms with van der Waals surface area (Å²) in [6, 6.07) is 55.5. The zero-order chi connectivity index (χ0) is 36.0. The van der Waals surface area contributed by atoms with Crippen molar-refractivity contribution >= 4 is 55.9 Å². The number of hydrazone groups is 1. The first-order chi connectivity index (χ1) is 26.7. The van der Waals surface area contributed by atoms with Crippen LogP contribution in [0.1, 0.15) is 11.1 Å². The van der Waals surface area contributed by atoms with E-state index in [4.69, 9.17) is 14.4 Å². The highest BCUT2D eigenvalue weighted by atomic mass is 16.3. The highest BCUT2D eigenvalue weighted by molar-refractivity contribution is 6.55. The van der Waals surface area contributed by atoms with E-state index in [2.05, 4.69) is 108 Å². The first kappa shape index (κ1) is 31.3. The van der Waals surface area contributed by atoms with E-state index in [1.807, 2.05) is 78.9 Å². The quantitative estimate of drug-likeness (QED) is 0.170. The Bertz CT molecular complexity index is 2980. The van der Waals surface area contributed by atoms with Crippen LogP contribution in [0.3, 0.4) is 0 Å². The van der Waals surface area contributed by atoms with Crippen molar-refractivity contribution in [2.75, 3.05) is 5.43 Å². The molecule has 0 fully saturated rings. The van der Waals surface area contributed by atoms with Crippen molar-refractivity contribution in [3.05, 3.63) is 181 Å². The molecule has 2 N–H and O–H groups in total. The molecule has 9 aromatic rings. The van der Waals surface area contributed by atoms with Gasteiger partial charge in [0, 0.05) is 33.0 Å². The lowest BCUT2D eigenvalue weighted by atomic mass is 9.89. The van der Waals surface area contributed by atoms with Crippen molar-refractivity contribution in [2.24, 2.45) is 5.10 Å². The second-order valence-electron chi connectivity index (χ2n) is 13.3. The van der Waals surface area contributed by atoms with Gasteiger partial charge in [-0.25, -0.2) is 9.97 Å². The molecule has 1 aliphatic rings. The predicted molar refractivity (Wildman–Crippen MR) is 222 cm³/mol. The van der Waals surface area contributed by atoms with Crippen molar-refractivity contribution in [3.63, 3.8) is 0 Å². The molecule has 0 atom stereocenters. The number of nitrogens with zero attached hydrogens (tertiary/aromatic N) is 3. The maximum absolute atomic E-state index is 9.18. The number of furan rings is 1. The van der Waals surface area contributed by atoms with Gasteiger partial charge < -0.3 is 4.42 Å². The van der Waals surface area contributed by atoms with Gasteiger partial charge in [-0.15, -0.1) is 0 Å². The van der Waals surface area contributed by atoms with E-state index in [1.54, 1.807) is 0 Å². The largest absolute Gasteiger partial charge is 0.456 e. The van der Waals surface area contributed by atoms with Crippen LogP contribution in [0.15, 0.2) is 179 Å². The van der Waals surface area contributed by atoms with Gasteiger partial charge in [-0.1, -0.05) is 127 Å². The van der Waals surface area contributed by atoms with Crippen LogP contribution in [-0.4, -0.2) is 21.4 Å². The van der Waals surface area contributed by atoms with Crippen LogP contribution in [-0.2, 0) is 0 Å². The van der Waals surface area contributed by atoms with Crippen molar-refractivity contribution in [2.45, 2.75) is 0 Å². The monoisotopic (exact) mass is 693 g/mol. The SMILES string of the molecule is N=C1/C(=N\Nc2ccccc2)C=Cc2ccc3cc(-c4nc(-c5cccc(-c6ccccc6)c5)cc(-c5cccc6oc7ccccc7c56)n4)ccc3c21. The second-order valence-corrected chi connectivity index (χ2v) is 13.3. The Kier molecular flexibility index (Phi) is 7.51. The van der Waals surface area contributed by atoms with Gasteiger partial charge in [0.05, 0.1) is 22.8 Å². The number of hydrogen-bond acceptors (Lipinski definition) is 6. The molecule has 0 saturated carbocycles. The molecular formula is C48H31N5O. The summed E-state index contributed by atoms with van der Waals surface area (Å²) in [4.78, 5) is 10.5. The predicted octanol–water partition coefficient (Wildman–Crippen LogP) is 12.1. The van der Waals surface area contributed by atoms with Crippen LogP contribution in [0.25, 0.3) is 83.8 Å². The Labute approximate surface area is 311 Å². The Balaban J connectivity index is 1.12. The fourth-order valence-corrected chi connectivity index (χ4v) is 7.35. The number of anilines is 1. The molecule has 0 unspecified atom stereocenters. The van der Waals surface area contributed by atoms with Crippen LogP contribution in [0, 0.1) is 5.41 Å². The molecule has 1 aliphatic carbocycles.